The van der Waals surface area contributed by atoms with Crippen molar-refractivity contribution in [2.24, 2.45) is 12.0 Å². The van der Waals surface area contributed by atoms with Crippen molar-refractivity contribution < 1.29 is 14.3 Å². The summed E-state index contributed by atoms with van der Waals surface area (Å²) >= 11 is 6.03. The maximum atomic E-state index is 12.8. The predicted molar refractivity (Wildman–Crippen MR) is 110 cm³/mol. The van der Waals surface area contributed by atoms with Crippen LogP contribution in [0.4, 0.5) is 5.69 Å². The summed E-state index contributed by atoms with van der Waals surface area (Å²) < 4.78 is 7.31. The third kappa shape index (κ3) is 4.28. The first-order valence-corrected chi connectivity index (χ1v) is 9.45. The molecule has 1 aromatic heterocycles. The number of nitrogens with one attached hydrogen (secondary N) is 1. The third-order valence-corrected chi connectivity index (χ3v) is 4.71. The lowest BCUT2D eigenvalue weighted by Gasteiger charge is -2.20. The first-order chi connectivity index (χ1) is 13.0. The van der Waals surface area contributed by atoms with Crippen molar-refractivity contribution in [2.45, 2.75) is 45.8 Å². The molecular formula is C21H24ClN3O3. The molecule has 0 bridgehead atoms. The molecule has 1 amide bonds. The van der Waals surface area contributed by atoms with Gasteiger partial charge in [0.2, 0.25) is 5.91 Å². The molecule has 1 atom stereocenters. The van der Waals surface area contributed by atoms with Crippen molar-refractivity contribution in [1.82, 2.24) is 4.57 Å². The number of hydrogen-bond acceptors (Lipinski definition) is 4. The van der Waals surface area contributed by atoms with Crippen LogP contribution in [-0.4, -0.2) is 33.8 Å². The number of aliphatic imine (C=N–C) groups is 1. The van der Waals surface area contributed by atoms with Gasteiger partial charge in [-0.25, -0.2) is 0 Å². The molecule has 0 aliphatic carbocycles. The van der Waals surface area contributed by atoms with E-state index in [2.05, 4.69) is 10.3 Å². The van der Waals surface area contributed by atoms with Crippen molar-refractivity contribution in [3.8, 4) is 0 Å². The lowest BCUT2D eigenvalue weighted by Crippen LogP contribution is -2.32. The summed E-state index contributed by atoms with van der Waals surface area (Å²) in [4.78, 5) is 29.8. The van der Waals surface area contributed by atoms with Gasteiger partial charge in [0.25, 0.3) is 0 Å². The Morgan fingerprint density at radius 3 is 2.54 bits per heavy atom. The summed E-state index contributed by atoms with van der Waals surface area (Å²) in [7, 11) is 1.91. The average Bonchev–Trinajstić information content (AvgIpc) is 2.76. The van der Waals surface area contributed by atoms with Crippen LogP contribution < -0.4 is 5.32 Å². The van der Waals surface area contributed by atoms with E-state index in [1.165, 1.54) is 0 Å². The number of hydrogen-bond donors (Lipinski definition) is 1. The Hall–Kier alpha value is -2.60. The SMILES string of the molecule is Cc1c2c(cn1C)NC(=O)C(CC(=O)OC(C)(C)C)N=C2c1ccc(Cl)cc1. The number of rotatable bonds is 3. The normalized spacial score (nSPS) is 16.7. The maximum absolute atomic E-state index is 12.8. The summed E-state index contributed by atoms with van der Waals surface area (Å²) in [6.45, 7) is 7.34. The van der Waals surface area contributed by atoms with Gasteiger partial charge in [-0.2, -0.15) is 0 Å². The van der Waals surface area contributed by atoms with Gasteiger partial charge in [-0.05, 0) is 39.8 Å². The van der Waals surface area contributed by atoms with Gasteiger partial charge in [0.05, 0.1) is 17.8 Å². The predicted octanol–water partition coefficient (Wildman–Crippen LogP) is 3.88. The Bertz CT molecular complexity index is 953. The first kappa shape index (κ1) is 20.1. The number of nitrogens with zero attached hydrogens (tertiary/aromatic N) is 2. The van der Waals surface area contributed by atoms with E-state index >= 15 is 0 Å². The molecule has 0 fully saturated rings. The van der Waals surface area contributed by atoms with Crippen LogP contribution in [0.1, 0.15) is 44.0 Å². The van der Waals surface area contributed by atoms with Crippen LogP contribution >= 0.6 is 11.6 Å². The molecule has 0 spiro atoms. The van der Waals surface area contributed by atoms with Crippen LogP contribution in [0.2, 0.25) is 5.02 Å². The smallest absolute Gasteiger partial charge is 0.309 e. The zero-order chi connectivity index (χ0) is 20.6. The van der Waals surface area contributed by atoms with Crippen molar-refractivity contribution >= 4 is 34.9 Å². The third-order valence-electron chi connectivity index (χ3n) is 4.46. The van der Waals surface area contributed by atoms with E-state index in [0.29, 0.717) is 16.4 Å². The van der Waals surface area contributed by atoms with E-state index in [1.54, 1.807) is 32.9 Å². The minimum Gasteiger partial charge on any atom is -0.460 e. The fourth-order valence-corrected chi connectivity index (χ4v) is 3.25. The molecule has 1 aliphatic rings. The molecule has 0 saturated heterocycles. The van der Waals surface area contributed by atoms with E-state index in [1.807, 2.05) is 36.9 Å². The Balaban J connectivity index is 2.06. The fourth-order valence-electron chi connectivity index (χ4n) is 3.12. The van der Waals surface area contributed by atoms with Crippen molar-refractivity contribution in [3.63, 3.8) is 0 Å². The number of halogens is 1. The minimum atomic E-state index is -0.877. The second kappa shape index (κ2) is 7.43. The quantitative estimate of drug-likeness (QED) is 0.793. The molecule has 1 N–H and O–H groups in total. The molecule has 1 aromatic carbocycles. The number of esters is 1. The monoisotopic (exact) mass is 401 g/mol. The summed E-state index contributed by atoms with van der Waals surface area (Å²) in [6.07, 6.45) is 1.72. The molecule has 0 saturated carbocycles. The standard InChI is InChI=1S/C21H24ClN3O3/c1-12-18-16(11-25(12)5)24-20(27)15(10-17(26)28-21(2,3)4)23-19(18)13-6-8-14(22)9-7-13/h6-9,11,15H,10H2,1-5H3,(H,24,27). The number of carbonyl (C=O) groups is 2. The number of ether oxygens (including phenoxy) is 1. The summed E-state index contributed by atoms with van der Waals surface area (Å²) in [5.74, 6) is -0.794. The van der Waals surface area contributed by atoms with Gasteiger partial charge in [0.15, 0.2) is 0 Å². The Kier molecular flexibility index (Phi) is 5.35. The Labute approximate surface area is 169 Å². The molecule has 28 heavy (non-hydrogen) atoms. The highest BCUT2D eigenvalue weighted by molar-refractivity contribution is 6.31. The van der Waals surface area contributed by atoms with Crippen LogP contribution in [0.3, 0.4) is 0 Å². The molecule has 6 nitrogen and oxygen atoms in total. The van der Waals surface area contributed by atoms with Gasteiger partial charge in [-0.1, -0.05) is 23.7 Å². The van der Waals surface area contributed by atoms with Gasteiger partial charge in [0, 0.05) is 35.1 Å². The summed E-state index contributed by atoms with van der Waals surface area (Å²) in [6, 6.07) is 6.40. The molecule has 1 unspecified atom stereocenters. The second-order valence-corrected chi connectivity index (χ2v) is 8.33. The van der Waals surface area contributed by atoms with Crippen LogP contribution in [0, 0.1) is 6.92 Å². The van der Waals surface area contributed by atoms with Gasteiger partial charge in [-0.15, -0.1) is 0 Å². The maximum Gasteiger partial charge on any atom is 0.309 e. The number of anilines is 1. The van der Waals surface area contributed by atoms with Crippen molar-refractivity contribution in [1.29, 1.82) is 0 Å². The van der Waals surface area contributed by atoms with Crippen LogP contribution in [0.25, 0.3) is 0 Å². The van der Waals surface area contributed by atoms with Crippen LogP contribution in [-0.2, 0) is 21.4 Å². The highest BCUT2D eigenvalue weighted by Gasteiger charge is 2.31. The molecule has 0 radical (unpaired) electrons. The number of amides is 1. The van der Waals surface area contributed by atoms with Crippen molar-refractivity contribution in [3.05, 3.63) is 52.3 Å². The molecule has 3 rings (SSSR count). The van der Waals surface area contributed by atoms with Crippen LogP contribution in [0.15, 0.2) is 35.5 Å². The summed E-state index contributed by atoms with van der Waals surface area (Å²) in [5, 5.41) is 3.52. The van der Waals surface area contributed by atoms with E-state index in [9.17, 15) is 9.59 Å². The highest BCUT2D eigenvalue weighted by atomic mass is 35.5. The molecule has 2 heterocycles. The fraction of sp³-hybridized carbons (Fsp3) is 0.381. The van der Waals surface area contributed by atoms with Crippen LogP contribution in [0.5, 0.6) is 0 Å². The van der Waals surface area contributed by atoms with E-state index < -0.39 is 17.6 Å². The topological polar surface area (TPSA) is 72.7 Å². The number of benzene rings is 1. The Morgan fingerprint density at radius 2 is 1.93 bits per heavy atom. The second-order valence-electron chi connectivity index (χ2n) is 7.89. The molecule has 148 valence electrons. The zero-order valence-corrected chi connectivity index (χ0v) is 17.4. The number of aromatic nitrogens is 1. The van der Waals surface area contributed by atoms with E-state index in [4.69, 9.17) is 16.3 Å². The van der Waals surface area contributed by atoms with Gasteiger partial charge < -0.3 is 14.6 Å². The first-order valence-electron chi connectivity index (χ1n) is 9.08. The largest absolute Gasteiger partial charge is 0.460 e. The number of aryl methyl sites for hydroxylation is 1. The molecule has 7 heteroatoms. The zero-order valence-electron chi connectivity index (χ0n) is 16.7. The highest BCUT2D eigenvalue weighted by Crippen LogP contribution is 2.29. The number of carbonyl (C=O) groups excluding carboxylic acids is 2. The average molecular weight is 402 g/mol. The van der Waals surface area contributed by atoms with E-state index in [0.717, 1.165) is 16.8 Å². The lowest BCUT2D eigenvalue weighted by atomic mass is 10.0. The lowest BCUT2D eigenvalue weighted by molar-refractivity contribution is -0.155. The van der Waals surface area contributed by atoms with Gasteiger partial charge >= 0.3 is 5.97 Å². The van der Waals surface area contributed by atoms with Gasteiger partial charge in [0.1, 0.15) is 11.6 Å². The molecule has 1 aliphatic heterocycles. The van der Waals surface area contributed by atoms with Crippen molar-refractivity contribution in [2.75, 3.05) is 5.32 Å². The van der Waals surface area contributed by atoms with Gasteiger partial charge in [-0.3, -0.25) is 14.6 Å². The minimum absolute atomic E-state index is 0.129. The van der Waals surface area contributed by atoms with E-state index in [-0.39, 0.29) is 12.3 Å². The Morgan fingerprint density at radius 1 is 1.29 bits per heavy atom. The molecule has 2 aromatic rings. The number of fused-ring (bicyclic) bond motifs is 1. The summed E-state index contributed by atoms with van der Waals surface area (Å²) in [5.41, 5.74) is 3.32. The molecular weight excluding hydrogens is 378 g/mol.